The van der Waals surface area contributed by atoms with Crippen molar-refractivity contribution < 1.29 is 26.5 Å². The fourth-order valence-corrected chi connectivity index (χ4v) is 1.98. The molecule has 8 nitrogen and oxygen atoms in total. The van der Waals surface area contributed by atoms with Crippen LogP contribution in [0, 0.1) is 10.1 Å². The number of fused-ring (bicyclic) bond motifs is 1. The van der Waals surface area contributed by atoms with Gasteiger partial charge >= 0.3 is 0 Å². The van der Waals surface area contributed by atoms with Gasteiger partial charge in [0.25, 0.3) is 11.3 Å². The number of nitrogens with two attached hydrogens (primary N) is 1. The Morgan fingerprint density at radius 1 is 1.29 bits per heavy atom. The highest BCUT2D eigenvalue weighted by Crippen LogP contribution is 2.13. The van der Waals surface area contributed by atoms with E-state index in [0.29, 0.717) is 23.5 Å². The molecule has 0 aliphatic heterocycles. The first-order chi connectivity index (χ1) is 9.65. The van der Waals surface area contributed by atoms with Gasteiger partial charge < -0.3 is 27.7 Å². The number of benzene rings is 1. The smallest absolute Gasteiger partial charge is 0.293 e. The van der Waals surface area contributed by atoms with Crippen LogP contribution < -0.4 is 27.3 Å². The van der Waals surface area contributed by atoms with Crippen LogP contribution in [-0.2, 0) is 6.54 Å². The second kappa shape index (κ2) is 5.83. The summed E-state index contributed by atoms with van der Waals surface area (Å²) in [5.74, 6) is 0.387. The number of imidazole rings is 1. The van der Waals surface area contributed by atoms with Crippen molar-refractivity contribution in [3.8, 4) is 0 Å². The highest BCUT2D eigenvalue weighted by molar-refractivity contribution is 5.78. The standard InChI is InChI=1S/C12H10N6O2.BrH/c13-11-10-12(15-6-14-10)17(7-16-11)5-8-1-3-9(4-2-8)18(19)20;/h1-4,6-7H,5H2,(H2,13,14,15);1H. The number of rotatable bonds is 3. The lowest BCUT2D eigenvalue weighted by atomic mass is 10.2. The molecule has 0 atom stereocenters. The summed E-state index contributed by atoms with van der Waals surface area (Å²) in [5.41, 5.74) is 8.09. The minimum absolute atomic E-state index is 0. The Labute approximate surface area is 129 Å². The van der Waals surface area contributed by atoms with E-state index in [4.69, 9.17) is 5.73 Å². The number of aromatic nitrogens is 4. The number of H-pyrrole nitrogens is 1. The number of aromatic amines is 1. The number of nitrogens with one attached hydrogen (secondary N) is 1. The van der Waals surface area contributed by atoms with Gasteiger partial charge in [0.15, 0.2) is 11.8 Å². The topological polar surface area (TPSA) is 115 Å². The summed E-state index contributed by atoms with van der Waals surface area (Å²) in [6.07, 6.45) is 3.15. The molecule has 0 saturated heterocycles. The van der Waals surface area contributed by atoms with E-state index in [-0.39, 0.29) is 22.7 Å². The second-order valence-electron chi connectivity index (χ2n) is 4.28. The molecule has 0 fully saturated rings. The Morgan fingerprint density at radius 2 is 2.00 bits per heavy atom. The van der Waals surface area contributed by atoms with Crippen molar-refractivity contribution in [2.24, 2.45) is 0 Å². The summed E-state index contributed by atoms with van der Waals surface area (Å²) in [7, 11) is 0. The maximum atomic E-state index is 10.6. The van der Waals surface area contributed by atoms with Crippen molar-refractivity contribution in [2.45, 2.75) is 6.54 Å². The lowest BCUT2D eigenvalue weighted by molar-refractivity contribution is -0.667. The fourth-order valence-electron chi connectivity index (χ4n) is 1.98. The molecule has 21 heavy (non-hydrogen) atoms. The molecule has 0 aliphatic rings. The van der Waals surface area contributed by atoms with Gasteiger partial charge in [0.1, 0.15) is 0 Å². The van der Waals surface area contributed by atoms with Gasteiger partial charge in [-0.05, 0) is 17.7 Å². The number of hydrogen-bond donors (Lipinski definition) is 2. The highest BCUT2D eigenvalue weighted by Gasteiger charge is 2.14. The lowest BCUT2D eigenvalue weighted by Gasteiger charge is -2.02. The summed E-state index contributed by atoms with van der Waals surface area (Å²) in [6.45, 7) is 0.507. The lowest BCUT2D eigenvalue weighted by Crippen LogP contribution is -3.00. The van der Waals surface area contributed by atoms with Crippen molar-refractivity contribution in [3.63, 3.8) is 0 Å². The van der Waals surface area contributed by atoms with Crippen LogP contribution in [0.25, 0.3) is 11.2 Å². The van der Waals surface area contributed by atoms with Gasteiger partial charge in [0.2, 0.25) is 12.1 Å². The van der Waals surface area contributed by atoms with E-state index < -0.39 is 4.92 Å². The van der Waals surface area contributed by atoms with Crippen molar-refractivity contribution in [3.05, 3.63) is 52.6 Å². The largest absolute Gasteiger partial charge is 1.00 e. The van der Waals surface area contributed by atoms with Gasteiger partial charge in [-0.25, -0.2) is 4.57 Å². The average molecular weight is 351 g/mol. The summed E-state index contributed by atoms with van der Waals surface area (Å²) in [6, 6.07) is 6.37. The number of hydrogen-bond acceptors (Lipinski definition) is 5. The van der Waals surface area contributed by atoms with E-state index in [1.54, 1.807) is 24.8 Å². The Morgan fingerprint density at radius 3 is 2.67 bits per heavy atom. The van der Waals surface area contributed by atoms with Crippen LogP contribution in [0.1, 0.15) is 5.56 Å². The van der Waals surface area contributed by atoms with E-state index in [1.807, 2.05) is 4.57 Å². The Hall–Kier alpha value is -2.55. The average Bonchev–Trinajstić information content (AvgIpc) is 2.93. The maximum absolute atomic E-state index is 10.6. The molecule has 0 aliphatic carbocycles. The number of nitrogens with zero attached hydrogens (tertiary/aromatic N) is 4. The summed E-state index contributed by atoms with van der Waals surface area (Å²) in [5, 5.41) is 10.6. The summed E-state index contributed by atoms with van der Waals surface area (Å²) < 4.78 is 1.82. The first-order valence-corrected chi connectivity index (χ1v) is 5.85. The monoisotopic (exact) mass is 350 g/mol. The SMILES string of the molecule is Nc1nc[n+](Cc2ccc([N+](=O)[O-])cc2)c2nc[nH]c12.[Br-]. The van der Waals surface area contributed by atoms with Gasteiger partial charge in [-0.2, -0.15) is 0 Å². The molecule has 0 unspecified atom stereocenters. The summed E-state index contributed by atoms with van der Waals surface area (Å²) >= 11 is 0. The van der Waals surface area contributed by atoms with E-state index in [1.165, 1.54) is 12.1 Å². The minimum Gasteiger partial charge on any atom is -1.00 e. The normalized spacial score (nSPS) is 10.3. The quantitative estimate of drug-likeness (QED) is 0.315. The molecular formula is C12H11BrN6O2. The van der Waals surface area contributed by atoms with Crippen molar-refractivity contribution in [2.75, 3.05) is 5.73 Å². The highest BCUT2D eigenvalue weighted by atomic mass is 79.9. The molecule has 0 spiro atoms. The van der Waals surface area contributed by atoms with Crippen LogP contribution in [0.4, 0.5) is 11.5 Å². The van der Waals surface area contributed by atoms with E-state index >= 15 is 0 Å². The van der Waals surface area contributed by atoms with Crippen LogP contribution in [-0.4, -0.2) is 19.9 Å². The molecular weight excluding hydrogens is 340 g/mol. The minimum atomic E-state index is -0.423. The van der Waals surface area contributed by atoms with Crippen LogP contribution >= 0.6 is 0 Å². The fraction of sp³-hybridized carbons (Fsp3) is 0.0833. The van der Waals surface area contributed by atoms with Gasteiger partial charge in [-0.1, -0.05) is 9.97 Å². The van der Waals surface area contributed by atoms with Crippen LogP contribution in [0.2, 0.25) is 0 Å². The molecule has 3 rings (SSSR count). The number of nitro benzene ring substituents is 1. The van der Waals surface area contributed by atoms with Crippen molar-refractivity contribution in [1.82, 2.24) is 15.0 Å². The first kappa shape index (κ1) is 14.9. The first-order valence-electron chi connectivity index (χ1n) is 5.85. The number of nitro groups is 1. The van der Waals surface area contributed by atoms with Gasteiger partial charge in [0.05, 0.1) is 11.5 Å². The van der Waals surface area contributed by atoms with Gasteiger partial charge in [0, 0.05) is 12.1 Å². The van der Waals surface area contributed by atoms with Crippen LogP contribution in [0.15, 0.2) is 36.9 Å². The zero-order valence-corrected chi connectivity index (χ0v) is 12.3. The zero-order chi connectivity index (χ0) is 14.1. The van der Waals surface area contributed by atoms with E-state index in [9.17, 15) is 10.1 Å². The molecule has 3 N–H and O–H groups in total. The third kappa shape index (κ3) is 2.82. The number of halogens is 1. The molecule has 2 heterocycles. The van der Waals surface area contributed by atoms with Gasteiger partial charge in [-0.3, -0.25) is 10.1 Å². The third-order valence-electron chi connectivity index (χ3n) is 2.98. The molecule has 2 aromatic heterocycles. The molecule has 0 amide bonds. The number of nitrogen functional groups attached to an aromatic ring is 1. The van der Waals surface area contributed by atoms with E-state index in [2.05, 4.69) is 15.0 Å². The molecule has 0 saturated carbocycles. The Bertz CT molecular complexity index is 786. The number of anilines is 1. The number of non-ortho nitro benzene ring substituents is 1. The second-order valence-corrected chi connectivity index (χ2v) is 4.28. The molecule has 0 bridgehead atoms. The molecule has 9 heteroatoms. The van der Waals surface area contributed by atoms with Crippen molar-refractivity contribution >= 4 is 22.7 Å². The van der Waals surface area contributed by atoms with Crippen LogP contribution in [0.3, 0.4) is 0 Å². The summed E-state index contributed by atoms with van der Waals surface area (Å²) in [4.78, 5) is 21.4. The van der Waals surface area contributed by atoms with Gasteiger partial charge in [-0.15, -0.1) is 0 Å². The van der Waals surface area contributed by atoms with Crippen molar-refractivity contribution in [1.29, 1.82) is 0 Å². The predicted molar refractivity (Wildman–Crippen MR) is 70.7 cm³/mol. The van der Waals surface area contributed by atoms with E-state index in [0.717, 1.165) is 5.56 Å². The molecule has 3 aromatic rings. The maximum Gasteiger partial charge on any atom is 0.293 e. The molecule has 1 aromatic carbocycles. The van der Waals surface area contributed by atoms with Crippen LogP contribution in [0.5, 0.6) is 0 Å². The Balaban J connectivity index is 0.00000161. The molecule has 108 valence electrons. The Kier molecular flexibility index (Phi) is 4.13. The predicted octanol–water partition coefficient (Wildman–Crippen LogP) is -2.21. The third-order valence-corrected chi connectivity index (χ3v) is 2.98. The molecule has 0 radical (unpaired) electrons. The zero-order valence-electron chi connectivity index (χ0n) is 10.7.